The highest BCUT2D eigenvalue weighted by molar-refractivity contribution is 7.85. The molecule has 0 saturated heterocycles. The maximum atomic E-state index is 11.2. The zero-order chi connectivity index (χ0) is 29.3. The molecule has 2 heterocycles. The molecule has 2 aromatic heterocycles. The third-order valence-electron chi connectivity index (χ3n) is 6.62. The molecule has 0 fully saturated rings. The van der Waals surface area contributed by atoms with Gasteiger partial charge in [-0.2, -0.15) is 9.97 Å². The highest BCUT2D eigenvalue weighted by atomic mass is 32.2. The first-order valence-corrected chi connectivity index (χ1v) is 14.4. The van der Waals surface area contributed by atoms with Crippen LogP contribution >= 0.6 is 0 Å². The van der Waals surface area contributed by atoms with Crippen molar-refractivity contribution in [2.75, 3.05) is 17.7 Å². The van der Waals surface area contributed by atoms with Crippen molar-refractivity contribution in [1.82, 2.24) is 19.5 Å². The standard InChI is InChI=1S/C30H26N6O5S/c1-3-36-26-7-5-4-6-24(26)25-18-21(12-17-27(25)36)31-19-8-10-20(11-9-19)32-28-33-29(40-2)35-30(34-28)41-22-13-15-23(16-14-22)42(37,38)39/h4-18,31H,3H2,1-2H3,(H,37,38,39)(H,32,33,34,35)/p-1. The third kappa shape index (κ3) is 5.53. The third-order valence-corrected chi connectivity index (χ3v) is 7.47. The molecular weight excluding hydrogens is 556 g/mol. The van der Waals surface area contributed by atoms with Crippen molar-refractivity contribution in [3.05, 3.63) is 91.0 Å². The summed E-state index contributed by atoms with van der Waals surface area (Å²) in [5.41, 5.74) is 5.02. The van der Waals surface area contributed by atoms with Crippen LogP contribution in [0.1, 0.15) is 6.92 Å². The number of methoxy groups -OCH3 is 1. The van der Waals surface area contributed by atoms with Gasteiger partial charge in [0.25, 0.3) is 0 Å². The van der Waals surface area contributed by atoms with Crippen LogP contribution in [0.25, 0.3) is 21.8 Å². The van der Waals surface area contributed by atoms with Crippen molar-refractivity contribution in [3.8, 4) is 17.8 Å². The first kappa shape index (κ1) is 27.0. The molecule has 12 heteroatoms. The van der Waals surface area contributed by atoms with E-state index in [1.807, 2.05) is 24.3 Å². The molecule has 0 bridgehead atoms. The average molecular weight is 582 g/mol. The first-order chi connectivity index (χ1) is 20.3. The van der Waals surface area contributed by atoms with Crippen molar-refractivity contribution >= 4 is 54.9 Å². The Labute approximate surface area is 241 Å². The molecule has 6 rings (SSSR count). The van der Waals surface area contributed by atoms with Crippen molar-refractivity contribution < 1.29 is 22.4 Å². The van der Waals surface area contributed by atoms with Crippen molar-refractivity contribution in [2.45, 2.75) is 18.4 Å². The van der Waals surface area contributed by atoms with Crippen molar-refractivity contribution in [2.24, 2.45) is 0 Å². The van der Waals surface area contributed by atoms with Crippen LogP contribution in [0.5, 0.6) is 17.8 Å². The van der Waals surface area contributed by atoms with Crippen LogP contribution in [0.4, 0.5) is 23.0 Å². The Hall–Kier alpha value is -5.20. The second-order valence-corrected chi connectivity index (χ2v) is 10.7. The lowest BCUT2D eigenvalue weighted by Gasteiger charge is -2.11. The number of nitrogens with zero attached hydrogens (tertiary/aromatic N) is 4. The number of fused-ring (bicyclic) bond motifs is 3. The molecule has 0 aliphatic rings. The highest BCUT2D eigenvalue weighted by Crippen LogP contribution is 2.32. The van der Waals surface area contributed by atoms with Crippen LogP contribution in [0, 0.1) is 0 Å². The SMILES string of the molecule is CCn1c2ccccc2c2cc(Nc3ccc(Nc4nc(OC)nc(Oc5ccc(S(=O)(=O)[O-])cc5)n4)cc3)ccc21. The van der Waals surface area contributed by atoms with Crippen LogP contribution < -0.4 is 20.1 Å². The average Bonchev–Trinajstić information content (AvgIpc) is 3.31. The van der Waals surface area contributed by atoms with Gasteiger partial charge < -0.3 is 29.2 Å². The summed E-state index contributed by atoms with van der Waals surface area (Å²) >= 11 is 0. The first-order valence-electron chi connectivity index (χ1n) is 13.0. The van der Waals surface area contributed by atoms with Gasteiger partial charge in [0.05, 0.1) is 12.0 Å². The van der Waals surface area contributed by atoms with Gasteiger partial charge in [-0.05, 0) is 79.7 Å². The highest BCUT2D eigenvalue weighted by Gasteiger charge is 2.12. The Balaban J connectivity index is 1.18. The molecule has 11 nitrogen and oxygen atoms in total. The minimum atomic E-state index is -4.56. The molecule has 212 valence electrons. The van der Waals surface area contributed by atoms with E-state index in [4.69, 9.17) is 9.47 Å². The van der Waals surface area contributed by atoms with Gasteiger partial charge in [-0.25, -0.2) is 8.42 Å². The van der Waals surface area contributed by atoms with Gasteiger partial charge in [0.2, 0.25) is 5.95 Å². The zero-order valence-electron chi connectivity index (χ0n) is 22.6. The zero-order valence-corrected chi connectivity index (χ0v) is 23.4. The van der Waals surface area contributed by atoms with E-state index < -0.39 is 10.1 Å². The summed E-state index contributed by atoms with van der Waals surface area (Å²) in [6.45, 7) is 3.05. The molecule has 0 saturated carbocycles. The van der Waals surface area contributed by atoms with Crippen LogP contribution in [-0.2, 0) is 16.7 Å². The summed E-state index contributed by atoms with van der Waals surface area (Å²) < 4.78 is 46.6. The number of aryl methyl sites for hydroxylation is 1. The van der Waals surface area contributed by atoms with Crippen LogP contribution in [-0.4, -0.2) is 39.6 Å². The van der Waals surface area contributed by atoms with E-state index in [9.17, 15) is 13.0 Å². The van der Waals surface area contributed by atoms with Gasteiger partial charge in [-0.1, -0.05) is 18.2 Å². The minimum absolute atomic E-state index is 0.0133. The summed E-state index contributed by atoms with van der Waals surface area (Å²) in [7, 11) is -3.15. The van der Waals surface area contributed by atoms with Gasteiger partial charge in [0, 0.05) is 45.4 Å². The molecule has 0 atom stereocenters. The number of para-hydroxylation sites is 1. The monoisotopic (exact) mass is 581 g/mol. The Morgan fingerprint density at radius 1 is 0.762 bits per heavy atom. The predicted molar refractivity (Wildman–Crippen MR) is 159 cm³/mol. The molecule has 6 aromatic rings. The Morgan fingerprint density at radius 3 is 2.10 bits per heavy atom. The predicted octanol–water partition coefficient (Wildman–Crippen LogP) is 6.19. The van der Waals surface area contributed by atoms with E-state index in [0.29, 0.717) is 5.69 Å². The van der Waals surface area contributed by atoms with Crippen LogP contribution in [0.15, 0.2) is 95.9 Å². The molecule has 4 aromatic carbocycles. The van der Waals surface area contributed by atoms with E-state index in [-0.39, 0.29) is 28.6 Å². The fraction of sp³-hybridized carbons (Fsp3) is 0.100. The lowest BCUT2D eigenvalue weighted by atomic mass is 10.1. The Bertz CT molecular complexity index is 2010. The number of benzene rings is 4. The fourth-order valence-corrected chi connectivity index (χ4v) is 5.18. The molecule has 0 aliphatic heterocycles. The maximum Gasteiger partial charge on any atom is 0.330 e. The van der Waals surface area contributed by atoms with Crippen LogP contribution in [0.2, 0.25) is 0 Å². The van der Waals surface area contributed by atoms with E-state index in [0.717, 1.165) is 30.1 Å². The van der Waals surface area contributed by atoms with E-state index in [1.165, 1.54) is 41.0 Å². The van der Waals surface area contributed by atoms with Gasteiger partial charge in [0.15, 0.2) is 0 Å². The van der Waals surface area contributed by atoms with Gasteiger partial charge in [0.1, 0.15) is 15.9 Å². The Morgan fingerprint density at radius 2 is 1.40 bits per heavy atom. The second kappa shape index (κ2) is 11.0. The number of ether oxygens (including phenoxy) is 2. The quantitative estimate of drug-likeness (QED) is 0.190. The van der Waals surface area contributed by atoms with Crippen molar-refractivity contribution in [1.29, 1.82) is 0 Å². The summed E-state index contributed by atoms with van der Waals surface area (Å²) in [6, 6.07) is 27.3. The van der Waals surface area contributed by atoms with Gasteiger partial charge in [-0.3, -0.25) is 0 Å². The molecule has 0 unspecified atom stereocenters. The normalized spacial score (nSPS) is 11.5. The van der Waals surface area contributed by atoms with E-state index in [2.05, 4.69) is 79.5 Å². The van der Waals surface area contributed by atoms with Gasteiger partial charge in [-0.15, -0.1) is 4.98 Å². The van der Waals surface area contributed by atoms with E-state index in [1.54, 1.807) is 0 Å². The Kier molecular flexibility index (Phi) is 7.07. The van der Waals surface area contributed by atoms with Crippen molar-refractivity contribution in [3.63, 3.8) is 0 Å². The lowest BCUT2D eigenvalue weighted by Crippen LogP contribution is -2.04. The smallest absolute Gasteiger partial charge is 0.330 e. The van der Waals surface area contributed by atoms with Crippen LogP contribution in [0.3, 0.4) is 0 Å². The van der Waals surface area contributed by atoms with Gasteiger partial charge >= 0.3 is 12.0 Å². The molecule has 0 amide bonds. The summed E-state index contributed by atoms with van der Waals surface area (Å²) in [6.07, 6.45) is 0. The minimum Gasteiger partial charge on any atom is -0.744 e. The number of anilines is 4. The molecule has 42 heavy (non-hydrogen) atoms. The largest absolute Gasteiger partial charge is 0.744 e. The molecule has 0 radical (unpaired) electrons. The number of nitrogens with one attached hydrogen (secondary N) is 2. The molecule has 2 N–H and O–H groups in total. The molecule has 0 aliphatic carbocycles. The molecule has 0 spiro atoms. The summed E-state index contributed by atoms with van der Waals surface area (Å²) in [5, 5.41) is 9.00. The van der Waals surface area contributed by atoms with E-state index >= 15 is 0 Å². The summed E-state index contributed by atoms with van der Waals surface area (Å²) in [4.78, 5) is 12.2. The number of rotatable bonds is 9. The topological polar surface area (TPSA) is 143 Å². The maximum absolute atomic E-state index is 11.2. The number of hydrogen-bond acceptors (Lipinski definition) is 10. The molecular formula is C30H25N6O5S-. The lowest BCUT2D eigenvalue weighted by molar-refractivity contribution is 0.360. The summed E-state index contributed by atoms with van der Waals surface area (Å²) in [5.74, 6) is 0.406. The second-order valence-electron chi connectivity index (χ2n) is 9.28. The number of aromatic nitrogens is 4. The number of hydrogen-bond donors (Lipinski definition) is 2. The fourth-order valence-electron chi connectivity index (χ4n) is 4.72.